The Kier molecular flexibility index (Phi) is 10.5. The van der Waals surface area contributed by atoms with Gasteiger partial charge in [-0.1, -0.05) is 29.8 Å². The number of amides is 1. The molecule has 23 heteroatoms. The highest BCUT2D eigenvalue weighted by atomic mass is 35.5. The lowest BCUT2D eigenvalue weighted by Crippen LogP contribution is -2.33. The van der Waals surface area contributed by atoms with Crippen LogP contribution in [0.3, 0.4) is 0 Å². The second kappa shape index (κ2) is 14.8. The second-order valence-electron chi connectivity index (χ2n) is 11.5. The third kappa shape index (κ3) is 7.60. The third-order valence-electron chi connectivity index (χ3n) is 8.00. The molecule has 5 aromatic rings. The van der Waals surface area contributed by atoms with Gasteiger partial charge >= 0.3 is 20.0 Å². The fraction of sp³-hybridized carbons (Fsp3) is 0.345. The molecule has 1 amide bonds. The largest absolute Gasteiger partial charge is 0.395 e. The molecule has 1 atom stereocenters. The van der Waals surface area contributed by atoms with Gasteiger partial charge in [-0.3, -0.25) is 14.2 Å². The van der Waals surface area contributed by atoms with E-state index in [1.54, 1.807) is 24.3 Å². The lowest BCUT2D eigenvalue weighted by molar-refractivity contribution is -0.134. The first kappa shape index (κ1) is 37.1. The van der Waals surface area contributed by atoms with E-state index in [0.29, 0.717) is 40.6 Å². The van der Waals surface area contributed by atoms with Crippen LogP contribution in [0.25, 0.3) is 0 Å². The van der Waals surface area contributed by atoms with E-state index in [2.05, 4.69) is 25.7 Å². The molecule has 1 aromatic carbocycles. The van der Waals surface area contributed by atoms with Gasteiger partial charge in [0.2, 0.25) is 5.91 Å². The topological polar surface area (TPSA) is 192 Å². The fourth-order valence-electron chi connectivity index (χ4n) is 5.49. The lowest BCUT2D eigenvalue weighted by atomic mass is 9.98. The van der Waals surface area contributed by atoms with Gasteiger partial charge in [-0.25, -0.2) is 17.6 Å². The number of aliphatic hydroxyl groups is 1. The fourth-order valence-corrected chi connectivity index (χ4v) is 7.96. The van der Waals surface area contributed by atoms with Gasteiger partial charge in [-0.05, 0) is 23.8 Å². The Bertz CT molecular complexity index is 2260. The summed E-state index contributed by atoms with van der Waals surface area (Å²) in [5, 5.41) is 27.8. The van der Waals surface area contributed by atoms with Crippen molar-refractivity contribution in [2.75, 3.05) is 6.61 Å². The summed E-state index contributed by atoms with van der Waals surface area (Å²) >= 11 is 6.16. The second-order valence-corrected chi connectivity index (χ2v) is 15.4. The van der Waals surface area contributed by atoms with Crippen molar-refractivity contribution in [2.24, 2.45) is 0 Å². The first-order chi connectivity index (χ1) is 24.7. The molecule has 7 rings (SSSR count). The molecule has 0 fully saturated rings. The van der Waals surface area contributed by atoms with Gasteiger partial charge in [0.25, 0.3) is 12.9 Å². The Morgan fingerprint density at radius 2 is 1.35 bits per heavy atom. The molecule has 2 aliphatic rings. The highest BCUT2D eigenvalue weighted by Crippen LogP contribution is 2.30. The van der Waals surface area contributed by atoms with Crippen molar-refractivity contribution in [3.8, 4) is 0 Å². The number of nitrogens with one attached hydrogen (secondary N) is 1. The maximum absolute atomic E-state index is 13.0. The molecule has 6 heterocycles. The van der Waals surface area contributed by atoms with Crippen molar-refractivity contribution in [3.05, 3.63) is 94.3 Å². The van der Waals surface area contributed by atoms with Crippen LogP contribution in [0.4, 0.5) is 17.6 Å². The number of carbonyl (C=O) groups excluding carboxylic acids is 1. The standard InChI is InChI=1S/C19H18ClF2N5O4S.C10H11F2N5O2S/c20-15-4-2-1-3-13(15)14(11-28)19(29)25-7-12-8-27(23-16(12)9-25)32(30,31)18-5-6-26(24-18)10-17(21)22;11-9(12)6-16-2-1-10(15-16)20(18,19)17-5-7-3-13-4-8(7)14-17/h1-6,8,14,17,28H,7,9-11H2;1-2,5,9,13H,3-4,6H2/t14-;/m1./s1. The predicted octanol–water partition coefficient (Wildman–Crippen LogP) is 2.04. The van der Waals surface area contributed by atoms with Gasteiger partial charge in [-0.2, -0.15) is 45.4 Å². The summed E-state index contributed by atoms with van der Waals surface area (Å²) in [6.45, 7) is -0.578. The molecule has 0 radical (unpaired) electrons. The summed E-state index contributed by atoms with van der Waals surface area (Å²) in [5.74, 6) is -1.22. The highest BCUT2D eigenvalue weighted by molar-refractivity contribution is 7.90. The van der Waals surface area contributed by atoms with E-state index in [9.17, 15) is 44.3 Å². The number of benzene rings is 1. The van der Waals surface area contributed by atoms with Gasteiger partial charge in [0.05, 0.1) is 30.5 Å². The number of halogens is 5. The monoisotopic (exact) mass is 788 g/mol. The van der Waals surface area contributed by atoms with Crippen molar-refractivity contribution in [1.29, 1.82) is 0 Å². The number of carbonyl (C=O) groups is 1. The molecule has 52 heavy (non-hydrogen) atoms. The average molecular weight is 789 g/mol. The Morgan fingerprint density at radius 3 is 1.87 bits per heavy atom. The molecular weight excluding hydrogens is 760 g/mol. The molecule has 2 aliphatic heterocycles. The summed E-state index contributed by atoms with van der Waals surface area (Å²) in [5.41, 5.74) is 2.87. The molecule has 2 N–H and O–H groups in total. The number of alkyl halides is 4. The van der Waals surface area contributed by atoms with Crippen molar-refractivity contribution in [2.45, 2.75) is 68.1 Å². The van der Waals surface area contributed by atoms with Crippen LogP contribution in [0.1, 0.15) is 34.0 Å². The summed E-state index contributed by atoms with van der Waals surface area (Å²) in [4.78, 5) is 14.4. The summed E-state index contributed by atoms with van der Waals surface area (Å²) < 4.78 is 103. The van der Waals surface area contributed by atoms with E-state index in [-0.39, 0.29) is 24.0 Å². The molecule has 0 unspecified atom stereocenters. The normalized spacial score (nSPS) is 14.8. The number of aliphatic hydroxyl groups excluding tert-OH is 1. The van der Waals surface area contributed by atoms with Crippen LogP contribution in [0.15, 0.2) is 71.2 Å². The van der Waals surface area contributed by atoms with Crippen LogP contribution in [0, 0.1) is 0 Å². The van der Waals surface area contributed by atoms with Crippen LogP contribution < -0.4 is 5.32 Å². The summed E-state index contributed by atoms with van der Waals surface area (Å²) in [6, 6.07) is 9.03. The summed E-state index contributed by atoms with van der Waals surface area (Å²) in [6.07, 6.45) is -0.219. The van der Waals surface area contributed by atoms with E-state index < -0.39 is 63.5 Å². The van der Waals surface area contributed by atoms with Crippen LogP contribution in [-0.4, -0.2) is 90.1 Å². The molecular formula is C29H29ClF4N10O6S2. The predicted molar refractivity (Wildman–Crippen MR) is 172 cm³/mol. The van der Waals surface area contributed by atoms with Crippen LogP contribution in [-0.2, 0) is 64.1 Å². The molecule has 0 spiro atoms. The average Bonchev–Trinajstić information content (AvgIpc) is 3.91. The van der Waals surface area contributed by atoms with Gasteiger partial charge < -0.3 is 15.3 Å². The summed E-state index contributed by atoms with van der Waals surface area (Å²) in [7, 11) is -8.10. The van der Waals surface area contributed by atoms with Gasteiger partial charge in [0.15, 0.2) is 10.1 Å². The Morgan fingerprint density at radius 1 is 0.788 bits per heavy atom. The number of rotatable bonds is 11. The first-order valence-electron chi connectivity index (χ1n) is 15.3. The smallest absolute Gasteiger partial charge is 0.302 e. The van der Waals surface area contributed by atoms with Crippen LogP contribution in [0.5, 0.6) is 0 Å². The van der Waals surface area contributed by atoms with Gasteiger partial charge in [-0.15, -0.1) is 0 Å². The Labute approximate surface area is 298 Å². The molecule has 278 valence electrons. The van der Waals surface area contributed by atoms with E-state index in [1.807, 2.05) is 0 Å². The first-order valence-corrected chi connectivity index (χ1v) is 18.6. The van der Waals surface area contributed by atoms with E-state index in [0.717, 1.165) is 35.4 Å². The number of nitrogens with zero attached hydrogens (tertiary/aromatic N) is 9. The number of fused-ring (bicyclic) bond motifs is 2. The van der Waals surface area contributed by atoms with Crippen molar-refractivity contribution < 1.29 is 44.3 Å². The number of hydrogen-bond acceptors (Lipinski definition) is 11. The SMILES string of the molecule is O=C([C@H](CO)c1ccccc1Cl)N1Cc2cn(S(=O)(=O)c3ccn(CC(F)F)n3)nc2C1.O=S(=O)(c1ccn(CC(F)F)n1)n1cc2c(n1)CNC2. The molecule has 0 bridgehead atoms. The molecule has 0 aliphatic carbocycles. The zero-order chi connectivity index (χ0) is 37.4. The van der Waals surface area contributed by atoms with E-state index in [1.165, 1.54) is 29.6 Å². The molecule has 16 nitrogen and oxygen atoms in total. The van der Waals surface area contributed by atoms with Crippen molar-refractivity contribution in [1.82, 2.24) is 48.1 Å². The maximum atomic E-state index is 13.0. The minimum Gasteiger partial charge on any atom is -0.395 e. The van der Waals surface area contributed by atoms with Gasteiger partial charge in [0.1, 0.15) is 13.1 Å². The van der Waals surface area contributed by atoms with Crippen molar-refractivity contribution >= 4 is 37.6 Å². The third-order valence-corrected chi connectivity index (χ3v) is 11.2. The van der Waals surface area contributed by atoms with E-state index >= 15 is 0 Å². The number of aromatic nitrogens is 8. The number of hydrogen-bond donors (Lipinski definition) is 2. The van der Waals surface area contributed by atoms with Gasteiger partial charge in [0, 0.05) is 60.6 Å². The zero-order valence-corrected chi connectivity index (χ0v) is 29.1. The minimum absolute atomic E-state index is 0.0530. The van der Waals surface area contributed by atoms with E-state index in [4.69, 9.17) is 11.6 Å². The maximum Gasteiger partial charge on any atom is 0.302 e. The molecule has 0 saturated carbocycles. The quantitative estimate of drug-likeness (QED) is 0.186. The van der Waals surface area contributed by atoms with Crippen LogP contribution in [0.2, 0.25) is 5.02 Å². The molecule has 4 aromatic heterocycles. The lowest BCUT2D eigenvalue weighted by Gasteiger charge is -2.22. The molecule has 0 saturated heterocycles. The van der Waals surface area contributed by atoms with Crippen molar-refractivity contribution in [3.63, 3.8) is 0 Å². The Hall–Kier alpha value is -4.64. The Balaban J connectivity index is 0.000000198. The highest BCUT2D eigenvalue weighted by Gasteiger charge is 2.34. The van der Waals surface area contributed by atoms with Crippen LogP contribution >= 0.6 is 11.6 Å². The zero-order valence-electron chi connectivity index (χ0n) is 26.7. The minimum atomic E-state index is -4.17.